The molecule has 0 aliphatic carbocycles. The summed E-state index contributed by atoms with van der Waals surface area (Å²) in [7, 11) is 2.77. The van der Waals surface area contributed by atoms with Gasteiger partial charge in [-0.2, -0.15) is 0 Å². The van der Waals surface area contributed by atoms with Crippen molar-refractivity contribution in [1.82, 2.24) is 20.2 Å². The molecule has 3 rings (SSSR count). The van der Waals surface area contributed by atoms with Crippen LogP contribution in [0.2, 0.25) is 0 Å². The zero-order valence-corrected chi connectivity index (χ0v) is 12.9. The average Bonchev–Trinajstić information content (AvgIpc) is 2.92. The van der Waals surface area contributed by atoms with Gasteiger partial charge in [-0.05, 0) is 31.9 Å². The van der Waals surface area contributed by atoms with Crippen molar-refractivity contribution in [2.75, 3.05) is 26.2 Å². The summed E-state index contributed by atoms with van der Waals surface area (Å²) in [5.74, 6) is 1.13. The quantitative estimate of drug-likeness (QED) is 0.752. The highest BCUT2D eigenvalue weighted by Gasteiger charge is 2.30. The summed E-state index contributed by atoms with van der Waals surface area (Å²) in [4.78, 5) is 2.30. The molecule has 2 bridgehead atoms. The third kappa shape index (κ3) is 4.39. The Morgan fingerprint density at radius 3 is 2.63 bits per heavy atom. The first-order valence-corrected chi connectivity index (χ1v) is 7.77. The number of rotatable bonds is 2. The van der Waals surface area contributed by atoms with E-state index in [4.69, 9.17) is 0 Å². The second kappa shape index (κ2) is 7.16. The van der Waals surface area contributed by atoms with E-state index in [-0.39, 0.29) is 0 Å². The fourth-order valence-electron chi connectivity index (χ4n) is 2.90. The SMILES string of the molecule is C=C1NC2CCN1C2.C=CNC1CCCN(P)CC1. The van der Waals surface area contributed by atoms with Crippen molar-refractivity contribution < 1.29 is 0 Å². The molecule has 0 aromatic rings. The predicted molar refractivity (Wildman–Crippen MR) is 84.5 cm³/mol. The maximum atomic E-state index is 3.85. The van der Waals surface area contributed by atoms with Gasteiger partial charge < -0.3 is 15.5 Å². The van der Waals surface area contributed by atoms with Gasteiger partial charge in [0.15, 0.2) is 0 Å². The first-order valence-electron chi connectivity index (χ1n) is 7.26. The van der Waals surface area contributed by atoms with Crippen molar-refractivity contribution in [3.63, 3.8) is 0 Å². The first-order chi connectivity index (χ1) is 9.19. The van der Waals surface area contributed by atoms with Gasteiger partial charge >= 0.3 is 0 Å². The van der Waals surface area contributed by atoms with Crippen LogP contribution < -0.4 is 10.6 Å². The van der Waals surface area contributed by atoms with E-state index in [1.54, 1.807) is 0 Å². The van der Waals surface area contributed by atoms with Crippen LogP contribution in [0.25, 0.3) is 0 Å². The van der Waals surface area contributed by atoms with Crippen LogP contribution in [0.4, 0.5) is 0 Å². The second-order valence-corrected chi connectivity index (χ2v) is 6.29. The summed E-state index contributed by atoms with van der Waals surface area (Å²) < 4.78 is 2.31. The Morgan fingerprint density at radius 2 is 2.11 bits per heavy atom. The smallest absolute Gasteiger partial charge is 0.0942 e. The minimum absolute atomic E-state index is 0.651. The third-order valence-corrected chi connectivity index (χ3v) is 4.57. The van der Waals surface area contributed by atoms with E-state index in [1.165, 1.54) is 51.9 Å². The van der Waals surface area contributed by atoms with Crippen molar-refractivity contribution in [3.8, 4) is 0 Å². The molecule has 4 nitrogen and oxygen atoms in total. The van der Waals surface area contributed by atoms with E-state index in [2.05, 4.69) is 42.8 Å². The lowest BCUT2D eigenvalue weighted by atomic mass is 10.1. The fraction of sp³-hybridized carbons (Fsp3) is 0.714. The molecule has 0 spiro atoms. The molecule has 0 aromatic heterocycles. The molecular weight excluding hydrogens is 255 g/mol. The van der Waals surface area contributed by atoms with E-state index >= 15 is 0 Å². The molecule has 108 valence electrons. The largest absolute Gasteiger partial charge is 0.389 e. The first kappa shape index (κ1) is 14.7. The topological polar surface area (TPSA) is 30.5 Å². The fourth-order valence-corrected chi connectivity index (χ4v) is 3.23. The molecule has 2 N–H and O–H groups in total. The lowest BCUT2D eigenvalue weighted by Crippen LogP contribution is -2.26. The van der Waals surface area contributed by atoms with Gasteiger partial charge in [0.05, 0.1) is 5.82 Å². The Morgan fingerprint density at radius 1 is 1.26 bits per heavy atom. The number of fused-ring (bicyclic) bond motifs is 2. The summed E-state index contributed by atoms with van der Waals surface area (Å²) >= 11 is 0. The van der Waals surface area contributed by atoms with E-state index in [9.17, 15) is 0 Å². The van der Waals surface area contributed by atoms with Gasteiger partial charge in [-0.1, -0.05) is 22.5 Å². The highest BCUT2D eigenvalue weighted by atomic mass is 31.0. The van der Waals surface area contributed by atoms with E-state index < -0.39 is 0 Å². The molecule has 3 fully saturated rings. The highest BCUT2D eigenvalue weighted by Crippen LogP contribution is 2.20. The van der Waals surface area contributed by atoms with Crippen molar-refractivity contribution >= 4 is 9.39 Å². The van der Waals surface area contributed by atoms with Gasteiger partial charge in [0.25, 0.3) is 0 Å². The summed E-state index contributed by atoms with van der Waals surface area (Å²) in [5, 5.41) is 6.56. The molecule has 19 heavy (non-hydrogen) atoms. The molecule has 3 unspecified atom stereocenters. The van der Waals surface area contributed by atoms with Crippen LogP contribution in [0.1, 0.15) is 25.7 Å². The van der Waals surface area contributed by atoms with Gasteiger partial charge in [0.1, 0.15) is 0 Å². The van der Waals surface area contributed by atoms with Crippen molar-refractivity contribution in [2.45, 2.75) is 37.8 Å². The van der Waals surface area contributed by atoms with Crippen molar-refractivity contribution in [1.29, 1.82) is 0 Å². The molecule has 3 saturated heterocycles. The van der Waals surface area contributed by atoms with Crippen LogP contribution in [0.5, 0.6) is 0 Å². The Kier molecular flexibility index (Phi) is 5.53. The summed E-state index contributed by atoms with van der Waals surface area (Å²) in [5.41, 5.74) is 0. The number of hydrogen-bond donors (Lipinski definition) is 2. The van der Waals surface area contributed by atoms with Gasteiger partial charge in [-0.3, -0.25) is 4.67 Å². The Labute approximate surface area is 119 Å². The number of nitrogens with zero attached hydrogens (tertiary/aromatic N) is 2. The highest BCUT2D eigenvalue weighted by molar-refractivity contribution is 7.13. The Bertz CT molecular complexity index is 321. The number of hydrogen-bond acceptors (Lipinski definition) is 4. The third-order valence-electron chi connectivity index (χ3n) is 4.06. The molecule has 0 aromatic carbocycles. The molecule has 0 saturated carbocycles. The van der Waals surface area contributed by atoms with E-state index in [0.717, 1.165) is 11.9 Å². The molecule has 3 aliphatic heterocycles. The van der Waals surface area contributed by atoms with Crippen LogP contribution in [0, 0.1) is 0 Å². The summed E-state index contributed by atoms with van der Waals surface area (Å²) in [6.45, 7) is 12.3. The molecule has 3 aliphatic rings. The van der Waals surface area contributed by atoms with Crippen LogP contribution in [-0.2, 0) is 0 Å². The molecular formula is C14H27N4P. The lowest BCUT2D eigenvalue weighted by Gasteiger charge is -2.17. The molecule has 5 heteroatoms. The molecule has 0 amide bonds. The zero-order chi connectivity index (χ0) is 13.7. The maximum absolute atomic E-state index is 3.85. The lowest BCUT2D eigenvalue weighted by molar-refractivity contribution is 0.430. The zero-order valence-electron chi connectivity index (χ0n) is 11.8. The maximum Gasteiger partial charge on any atom is 0.0942 e. The molecule has 3 heterocycles. The van der Waals surface area contributed by atoms with Gasteiger partial charge in [-0.15, -0.1) is 0 Å². The summed E-state index contributed by atoms with van der Waals surface area (Å²) in [6, 6.07) is 1.38. The van der Waals surface area contributed by atoms with Gasteiger partial charge in [-0.25, -0.2) is 0 Å². The van der Waals surface area contributed by atoms with Crippen molar-refractivity contribution in [3.05, 3.63) is 25.2 Å². The van der Waals surface area contributed by atoms with Crippen LogP contribution in [-0.4, -0.2) is 47.8 Å². The minimum atomic E-state index is 0.651. The Hall–Kier alpha value is -0.730. The van der Waals surface area contributed by atoms with Crippen molar-refractivity contribution in [2.24, 2.45) is 0 Å². The standard InChI is InChI=1S/C8H17N2P.C6H10N2/c1-2-9-8-4-3-6-10(11)7-5-8;1-5-7-6-2-3-8(5)4-6/h2,8-9H,1,3-7,11H2;6-7H,1-4H2. The molecule has 3 atom stereocenters. The second-order valence-electron chi connectivity index (χ2n) is 5.56. The minimum Gasteiger partial charge on any atom is -0.389 e. The average molecular weight is 282 g/mol. The van der Waals surface area contributed by atoms with Gasteiger partial charge in [0, 0.05) is 38.3 Å². The monoisotopic (exact) mass is 282 g/mol. The van der Waals surface area contributed by atoms with E-state index in [1.807, 2.05) is 6.20 Å². The van der Waals surface area contributed by atoms with Crippen LogP contribution in [0.15, 0.2) is 25.2 Å². The summed E-state index contributed by atoms with van der Waals surface area (Å²) in [6.07, 6.45) is 6.91. The number of nitrogens with one attached hydrogen (secondary N) is 2. The van der Waals surface area contributed by atoms with E-state index in [0.29, 0.717) is 6.04 Å². The Balaban J connectivity index is 0.000000146. The van der Waals surface area contributed by atoms with Crippen LogP contribution >= 0.6 is 9.39 Å². The predicted octanol–water partition coefficient (Wildman–Crippen LogP) is 1.50. The molecule has 0 radical (unpaired) electrons. The van der Waals surface area contributed by atoms with Gasteiger partial charge in [0.2, 0.25) is 0 Å². The normalized spacial score (nSPS) is 30.2. The van der Waals surface area contributed by atoms with Crippen LogP contribution in [0.3, 0.4) is 0 Å².